The second kappa shape index (κ2) is 3.36. The molecule has 0 bridgehead atoms. The van der Waals surface area contributed by atoms with Crippen molar-refractivity contribution in [2.45, 2.75) is 6.92 Å². The molecular weight excluding hydrogens is 176 g/mol. The quantitative estimate of drug-likeness (QED) is 0.679. The molecule has 4 nitrogen and oxygen atoms in total. The SMILES string of the molecule is Cc1ccsc1C(=O)NC(N)=O. The van der Waals surface area contributed by atoms with Crippen LogP contribution in [0.4, 0.5) is 4.79 Å². The third kappa shape index (κ3) is 1.82. The Morgan fingerprint density at radius 2 is 2.25 bits per heavy atom. The number of hydrogen-bond donors (Lipinski definition) is 2. The van der Waals surface area contributed by atoms with Crippen LogP contribution in [-0.4, -0.2) is 11.9 Å². The van der Waals surface area contributed by atoms with Crippen molar-refractivity contribution in [3.63, 3.8) is 0 Å². The summed E-state index contributed by atoms with van der Waals surface area (Å²) < 4.78 is 0. The first-order valence-corrected chi connectivity index (χ1v) is 4.14. The van der Waals surface area contributed by atoms with E-state index in [4.69, 9.17) is 5.73 Å². The van der Waals surface area contributed by atoms with Crippen molar-refractivity contribution in [2.75, 3.05) is 0 Å². The van der Waals surface area contributed by atoms with Crippen LogP contribution < -0.4 is 11.1 Å². The van der Waals surface area contributed by atoms with E-state index in [9.17, 15) is 9.59 Å². The molecule has 0 saturated carbocycles. The highest BCUT2D eigenvalue weighted by atomic mass is 32.1. The molecule has 0 aliphatic rings. The highest BCUT2D eigenvalue weighted by molar-refractivity contribution is 7.12. The van der Waals surface area contributed by atoms with Crippen LogP contribution in [0.3, 0.4) is 0 Å². The fourth-order valence-electron chi connectivity index (χ4n) is 0.774. The summed E-state index contributed by atoms with van der Waals surface area (Å²) in [5.41, 5.74) is 5.63. The first kappa shape index (κ1) is 8.73. The van der Waals surface area contributed by atoms with Gasteiger partial charge < -0.3 is 5.73 Å². The molecule has 1 aromatic heterocycles. The molecule has 1 heterocycles. The predicted molar refractivity (Wildman–Crippen MR) is 46.1 cm³/mol. The molecule has 64 valence electrons. The summed E-state index contributed by atoms with van der Waals surface area (Å²) in [7, 11) is 0. The predicted octanol–water partition coefficient (Wildman–Crippen LogP) is 0.865. The number of hydrogen-bond acceptors (Lipinski definition) is 3. The summed E-state index contributed by atoms with van der Waals surface area (Å²) in [6.07, 6.45) is 0. The van der Waals surface area contributed by atoms with Crippen molar-refractivity contribution >= 4 is 23.3 Å². The molecule has 1 aromatic rings. The van der Waals surface area contributed by atoms with Gasteiger partial charge in [0.25, 0.3) is 5.91 Å². The highest BCUT2D eigenvalue weighted by Gasteiger charge is 2.11. The van der Waals surface area contributed by atoms with Gasteiger partial charge >= 0.3 is 6.03 Å². The van der Waals surface area contributed by atoms with Crippen LogP contribution >= 0.6 is 11.3 Å². The molecule has 0 saturated heterocycles. The molecule has 0 atom stereocenters. The van der Waals surface area contributed by atoms with E-state index < -0.39 is 11.9 Å². The van der Waals surface area contributed by atoms with E-state index in [1.165, 1.54) is 11.3 Å². The molecule has 12 heavy (non-hydrogen) atoms. The molecule has 0 aliphatic carbocycles. The lowest BCUT2D eigenvalue weighted by Gasteiger charge is -1.97. The molecule has 5 heteroatoms. The number of urea groups is 1. The standard InChI is InChI=1S/C7H8N2O2S/c1-4-2-3-12-5(4)6(10)9-7(8)11/h2-3H,1H3,(H3,8,9,10,11). The third-order valence-electron chi connectivity index (χ3n) is 1.31. The van der Waals surface area contributed by atoms with Gasteiger partial charge in [-0.05, 0) is 23.9 Å². The van der Waals surface area contributed by atoms with Gasteiger partial charge in [0.05, 0.1) is 4.88 Å². The van der Waals surface area contributed by atoms with E-state index in [1.54, 1.807) is 18.4 Å². The van der Waals surface area contributed by atoms with E-state index >= 15 is 0 Å². The number of imide groups is 1. The minimum atomic E-state index is -0.826. The monoisotopic (exact) mass is 184 g/mol. The van der Waals surface area contributed by atoms with Gasteiger partial charge in [-0.3, -0.25) is 10.1 Å². The van der Waals surface area contributed by atoms with Gasteiger partial charge in [-0.15, -0.1) is 11.3 Å². The third-order valence-corrected chi connectivity index (χ3v) is 2.32. The van der Waals surface area contributed by atoms with E-state index in [0.29, 0.717) is 4.88 Å². The maximum Gasteiger partial charge on any atom is 0.319 e. The number of nitrogens with two attached hydrogens (primary N) is 1. The zero-order valence-electron chi connectivity index (χ0n) is 6.46. The minimum Gasteiger partial charge on any atom is -0.351 e. The maximum absolute atomic E-state index is 11.1. The van der Waals surface area contributed by atoms with E-state index in [1.807, 2.05) is 5.32 Å². The fourth-order valence-corrected chi connectivity index (χ4v) is 1.59. The van der Waals surface area contributed by atoms with E-state index in [-0.39, 0.29) is 0 Å². The number of carbonyl (C=O) groups is 2. The van der Waals surface area contributed by atoms with Crippen LogP contribution in [0.1, 0.15) is 15.2 Å². The van der Waals surface area contributed by atoms with Crippen molar-refractivity contribution in [2.24, 2.45) is 5.73 Å². The van der Waals surface area contributed by atoms with Crippen LogP contribution in [0.5, 0.6) is 0 Å². The number of thiophene rings is 1. The number of nitrogens with one attached hydrogen (secondary N) is 1. The number of primary amides is 1. The lowest BCUT2D eigenvalue weighted by molar-refractivity contribution is 0.0969. The Bertz CT molecular complexity index is 319. The van der Waals surface area contributed by atoms with Crippen LogP contribution in [0.15, 0.2) is 11.4 Å². The average Bonchev–Trinajstić information content (AvgIpc) is 2.33. The minimum absolute atomic E-state index is 0.435. The van der Waals surface area contributed by atoms with Gasteiger partial charge in [-0.2, -0.15) is 0 Å². The maximum atomic E-state index is 11.1. The summed E-state index contributed by atoms with van der Waals surface area (Å²) in [4.78, 5) is 22.0. The molecule has 0 spiro atoms. The van der Waals surface area contributed by atoms with Gasteiger partial charge in [-0.25, -0.2) is 4.79 Å². The van der Waals surface area contributed by atoms with Crippen molar-refractivity contribution in [1.82, 2.24) is 5.32 Å². The summed E-state index contributed by atoms with van der Waals surface area (Å²) in [5, 5.41) is 3.78. The number of amides is 3. The summed E-state index contributed by atoms with van der Waals surface area (Å²) in [6.45, 7) is 1.80. The molecule has 1 rings (SSSR count). The first-order chi connectivity index (χ1) is 5.61. The zero-order chi connectivity index (χ0) is 9.14. The summed E-state index contributed by atoms with van der Waals surface area (Å²) >= 11 is 1.28. The second-order valence-electron chi connectivity index (χ2n) is 2.25. The van der Waals surface area contributed by atoms with Gasteiger partial charge in [0.15, 0.2) is 0 Å². The van der Waals surface area contributed by atoms with E-state index in [0.717, 1.165) is 5.56 Å². The lowest BCUT2D eigenvalue weighted by atomic mass is 10.3. The van der Waals surface area contributed by atoms with E-state index in [2.05, 4.69) is 0 Å². The van der Waals surface area contributed by atoms with Crippen molar-refractivity contribution in [3.05, 3.63) is 21.9 Å². The Labute approximate surface area is 73.4 Å². The Hall–Kier alpha value is -1.36. The Balaban J connectivity index is 2.78. The van der Waals surface area contributed by atoms with Gasteiger partial charge in [0.1, 0.15) is 0 Å². The van der Waals surface area contributed by atoms with Gasteiger partial charge in [0, 0.05) is 0 Å². The molecule has 0 fully saturated rings. The molecule has 3 amide bonds. The smallest absolute Gasteiger partial charge is 0.319 e. The van der Waals surface area contributed by atoms with Crippen LogP contribution in [0.25, 0.3) is 0 Å². The average molecular weight is 184 g/mol. The molecular formula is C7H8N2O2S. The normalized spacial score (nSPS) is 9.42. The molecule has 0 unspecified atom stereocenters. The Morgan fingerprint density at radius 3 is 2.67 bits per heavy atom. The first-order valence-electron chi connectivity index (χ1n) is 3.26. The molecule has 0 aliphatic heterocycles. The fraction of sp³-hybridized carbons (Fsp3) is 0.143. The Morgan fingerprint density at radius 1 is 1.58 bits per heavy atom. The summed E-state index contributed by atoms with van der Waals surface area (Å²) in [6, 6.07) is 0.980. The zero-order valence-corrected chi connectivity index (χ0v) is 7.27. The van der Waals surface area contributed by atoms with Gasteiger partial charge in [0.2, 0.25) is 0 Å². The number of carbonyl (C=O) groups excluding carboxylic acids is 2. The lowest BCUT2D eigenvalue weighted by Crippen LogP contribution is -2.34. The van der Waals surface area contributed by atoms with Crippen LogP contribution in [0, 0.1) is 6.92 Å². The topological polar surface area (TPSA) is 72.2 Å². The second-order valence-corrected chi connectivity index (χ2v) is 3.17. The van der Waals surface area contributed by atoms with Crippen molar-refractivity contribution in [1.29, 1.82) is 0 Å². The molecule has 3 N–H and O–H groups in total. The number of aryl methyl sites for hydroxylation is 1. The van der Waals surface area contributed by atoms with Crippen LogP contribution in [-0.2, 0) is 0 Å². The summed E-state index contributed by atoms with van der Waals surface area (Å²) in [5.74, 6) is -0.435. The Kier molecular flexibility index (Phi) is 2.44. The highest BCUT2D eigenvalue weighted by Crippen LogP contribution is 2.14. The van der Waals surface area contributed by atoms with Crippen LogP contribution in [0.2, 0.25) is 0 Å². The largest absolute Gasteiger partial charge is 0.351 e. The molecule has 0 aromatic carbocycles. The van der Waals surface area contributed by atoms with Crippen molar-refractivity contribution < 1.29 is 9.59 Å². The van der Waals surface area contributed by atoms with Crippen molar-refractivity contribution in [3.8, 4) is 0 Å². The molecule has 0 radical (unpaired) electrons. The number of rotatable bonds is 1. The van der Waals surface area contributed by atoms with Gasteiger partial charge in [-0.1, -0.05) is 0 Å².